The third-order valence-corrected chi connectivity index (χ3v) is 6.90. The number of rotatable bonds is 3. The highest BCUT2D eigenvalue weighted by Gasteiger charge is 2.41. The Kier molecular flexibility index (Phi) is 4.87. The molecular formula is C21H29N3O4. The average molecular weight is 387 g/mol. The van der Waals surface area contributed by atoms with Gasteiger partial charge in [-0.25, -0.2) is 4.98 Å². The van der Waals surface area contributed by atoms with E-state index in [9.17, 15) is 9.59 Å². The van der Waals surface area contributed by atoms with Gasteiger partial charge < -0.3 is 19.0 Å². The Labute approximate surface area is 165 Å². The molecule has 0 bridgehead atoms. The molecule has 1 aliphatic carbocycles. The number of nitrogens with zero attached hydrogens (tertiary/aromatic N) is 3. The molecule has 1 aromatic rings. The molecule has 0 spiro atoms. The molecule has 3 aliphatic heterocycles. The minimum atomic E-state index is -0.198. The molecule has 1 saturated carbocycles. The first kappa shape index (κ1) is 18.2. The second-order valence-electron chi connectivity index (χ2n) is 8.70. The minimum Gasteiger partial charge on any atom is -0.445 e. The van der Waals surface area contributed by atoms with Gasteiger partial charge >= 0.3 is 0 Å². The number of amides is 2. The van der Waals surface area contributed by atoms with Gasteiger partial charge in [-0.1, -0.05) is 12.8 Å². The summed E-state index contributed by atoms with van der Waals surface area (Å²) in [5.74, 6) is 2.14. The molecule has 4 aliphatic rings. The van der Waals surface area contributed by atoms with E-state index in [1.807, 2.05) is 9.80 Å². The van der Waals surface area contributed by atoms with Crippen molar-refractivity contribution >= 4 is 11.8 Å². The van der Waals surface area contributed by atoms with Gasteiger partial charge in [0.15, 0.2) is 5.89 Å². The molecule has 7 heteroatoms. The second-order valence-corrected chi connectivity index (χ2v) is 8.70. The highest BCUT2D eigenvalue weighted by molar-refractivity contribution is 5.89. The van der Waals surface area contributed by atoms with Crippen LogP contribution in [0.4, 0.5) is 0 Å². The first-order chi connectivity index (χ1) is 13.7. The quantitative estimate of drug-likeness (QED) is 0.795. The van der Waals surface area contributed by atoms with E-state index in [0.29, 0.717) is 44.4 Å². The normalized spacial score (nSPS) is 26.9. The van der Waals surface area contributed by atoms with Gasteiger partial charge in [-0.2, -0.15) is 0 Å². The van der Waals surface area contributed by atoms with E-state index in [4.69, 9.17) is 14.1 Å². The lowest BCUT2D eigenvalue weighted by Crippen LogP contribution is -2.41. The van der Waals surface area contributed by atoms with Crippen LogP contribution in [0.3, 0.4) is 0 Å². The van der Waals surface area contributed by atoms with E-state index >= 15 is 0 Å². The molecule has 0 radical (unpaired) electrons. The van der Waals surface area contributed by atoms with Gasteiger partial charge in [0.1, 0.15) is 11.5 Å². The predicted octanol–water partition coefficient (Wildman–Crippen LogP) is 2.24. The Bertz CT molecular complexity index is 749. The largest absolute Gasteiger partial charge is 0.445 e. The van der Waals surface area contributed by atoms with E-state index < -0.39 is 0 Å². The first-order valence-corrected chi connectivity index (χ1v) is 10.8. The summed E-state index contributed by atoms with van der Waals surface area (Å²) < 4.78 is 11.5. The fourth-order valence-electron chi connectivity index (χ4n) is 5.25. The van der Waals surface area contributed by atoms with Crippen molar-refractivity contribution < 1.29 is 18.7 Å². The Morgan fingerprint density at radius 2 is 1.89 bits per heavy atom. The molecule has 4 heterocycles. The van der Waals surface area contributed by atoms with Gasteiger partial charge in [0.05, 0.1) is 12.5 Å². The standard InChI is InChI=1S/C21H29N3O4/c25-19-11-15(12-24(19)16-3-1-2-4-16)21(26)23-8-5-18-17(13-23)22-20(28-18)14-6-9-27-10-7-14/h14-16H,1-13H2. The van der Waals surface area contributed by atoms with Crippen LogP contribution in [-0.4, -0.2) is 58.9 Å². The van der Waals surface area contributed by atoms with Crippen molar-refractivity contribution in [2.45, 2.75) is 69.9 Å². The lowest BCUT2D eigenvalue weighted by Gasteiger charge is -2.28. The lowest BCUT2D eigenvalue weighted by atomic mass is 10.0. The van der Waals surface area contributed by atoms with Crippen molar-refractivity contribution in [1.82, 2.24) is 14.8 Å². The van der Waals surface area contributed by atoms with Crippen LogP contribution in [0.1, 0.15) is 68.2 Å². The summed E-state index contributed by atoms with van der Waals surface area (Å²) >= 11 is 0. The number of fused-ring (bicyclic) bond motifs is 1. The fourth-order valence-corrected chi connectivity index (χ4v) is 5.25. The molecule has 2 saturated heterocycles. The summed E-state index contributed by atoms with van der Waals surface area (Å²) in [6, 6.07) is 0.357. The number of aromatic nitrogens is 1. The number of carbonyl (C=O) groups is 2. The average Bonchev–Trinajstić information content (AvgIpc) is 3.46. The first-order valence-electron chi connectivity index (χ1n) is 10.8. The SMILES string of the molecule is O=C(C1CC(=O)N(C2CCCC2)C1)N1CCc2oc(C3CCOCC3)nc2C1. The van der Waals surface area contributed by atoms with E-state index in [0.717, 1.165) is 56.2 Å². The van der Waals surface area contributed by atoms with Crippen LogP contribution in [0, 0.1) is 5.92 Å². The zero-order valence-electron chi connectivity index (χ0n) is 16.4. The van der Waals surface area contributed by atoms with Gasteiger partial charge in [0, 0.05) is 51.1 Å². The monoisotopic (exact) mass is 387 g/mol. The molecule has 0 aromatic carbocycles. The van der Waals surface area contributed by atoms with Gasteiger partial charge in [-0.15, -0.1) is 0 Å². The third kappa shape index (κ3) is 3.34. The summed E-state index contributed by atoms with van der Waals surface area (Å²) in [5, 5.41) is 0. The Balaban J connectivity index is 1.24. The minimum absolute atomic E-state index is 0.107. The van der Waals surface area contributed by atoms with Crippen molar-refractivity contribution in [3.8, 4) is 0 Å². The van der Waals surface area contributed by atoms with Crippen LogP contribution in [0.2, 0.25) is 0 Å². The van der Waals surface area contributed by atoms with E-state index in [2.05, 4.69) is 0 Å². The van der Waals surface area contributed by atoms with Gasteiger partial charge in [0.25, 0.3) is 0 Å². The van der Waals surface area contributed by atoms with Crippen molar-refractivity contribution in [3.63, 3.8) is 0 Å². The number of hydrogen-bond acceptors (Lipinski definition) is 5. The van der Waals surface area contributed by atoms with Crippen molar-refractivity contribution in [2.24, 2.45) is 5.92 Å². The van der Waals surface area contributed by atoms with Gasteiger partial charge in [0.2, 0.25) is 11.8 Å². The van der Waals surface area contributed by atoms with Crippen molar-refractivity contribution in [3.05, 3.63) is 17.3 Å². The van der Waals surface area contributed by atoms with Crippen molar-refractivity contribution in [1.29, 1.82) is 0 Å². The number of ether oxygens (including phenoxy) is 1. The van der Waals surface area contributed by atoms with Crippen molar-refractivity contribution in [2.75, 3.05) is 26.3 Å². The smallest absolute Gasteiger partial charge is 0.228 e. The maximum absolute atomic E-state index is 13.1. The van der Waals surface area contributed by atoms with Crippen LogP contribution in [0.25, 0.3) is 0 Å². The van der Waals surface area contributed by atoms with E-state index in [1.165, 1.54) is 12.8 Å². The summed E-state index contributed by atoms with van der Waals surface area (Å²) in [7, 11) is 0. The summed E-state index contributed by atoms with van der Waals surface area (Å²) in [5.41, 5.74) is 0.901. The summed E-state index contributed by atoms with van der Waals surface area (Å²) in [6.45, 7) is 3.28. The fraction of sp³-hybridized carbons (Fsp3) is 0.762. The van der Waals surface area contributed by atoms with Crippen LogP contribution < -0.4 is 0 Å². The zero-order chi connectivity index (χ0) is 19.1. The van der Waals surface area contributed by atoms with Crippen LogP contribution in [-0.2, 0) is 27.3 Å². The topological polar surface area (TPSA) is 75.9 Å². The third-order valence-electron chi connectivity index (χ3n) is 6.90. The molecule has 1 unspecified atom stereocenters. The molecule has 3 fully saturated rings. The lowest BCUT2D eigenvalue weighted by molar-refractivity contribution is -0.136. The molecule has 28 heavy (non-hydrogen) atoms. The summed E-state index contributed by atoms with van der Waals surface area (Å²) in [4.78, 5) is 34.1. The number of carbonyl (C=O) groups excluding carboxylic acids is 2. The number of hydrogen-bond donors (Lipinski definition) is 0. The van der Waals surface area contributed by atoms with E-state index in [-0.39, 0.29) is 17.7 Å². The molecule has 0 N–H and O–H groups in total. The maximum Gasteiger partial charge on any atom is 0.228 e. The molecule has 7 nitrogen and oxygen atoms in total. The molecule has 1 aromatic heterocycles. The highest BCUT2D eigenvalue weighted by atomic mass is 16.5. The Morgan fingerprint density at radius 1 is 1.11 bits per heavy atom. The molecule has 1 atom stereocenters. The molecule has 2 amide bonds. The Morgan fingerprint density at radius 3 is 2.68 bits per heavy atom. The second kappa shape index (κ2) is 7.50. The zero-order valence-corrected chi connectivity index (χ0v) is 16.4. The van der Waals surface area contributed by atoms with Crippen LogP contribution in [0.15, 0.2) is 4.42 Å². The number of oxazole rings is 1. The van der Waals surface area contributed by atoms with Crippen LogP contribution >= 0.6 is 0 Å². The van der Waals surface area contributed by atoms with Gasteiger partial charge in [-0.05, 0) is 25.7 Å². The van der Waals surface area contributed by atoms with Crippen LogP contribution in [0.5, 0.6) is 0 Å². The molecular weight excluding hydrogens is 358 g/mol. The predicted molar refractivity (Wildman–Crippen MR) is 100 cm³/mol. The molecule has 152 valence electrons. The van der Waals surface area contributed by atoms with Gasteiger partial charge in [-0.3, -0.25) is 9.59 Å². The highest BCUT2D eigenvalue weighted by Crippen LogP contribution is 2.33. The maximum atomic E-state index is 13.1. The molecule has 5 rings (SSSR count). The number of likely N-dealkylation sites (tertiary alicyclic amines) is 1. The Hall–Kier alpha value is -1.89. The van der Waals surface area contributed by atoms with E-state index in [1.54, 1.807) is 0 Å². The summed E-state index contributed by atoms with van der Waals surface area (Å²) in [6.07, 6.45) is 7.55.